The Balaban J connectivity index is 1.92. The molecular weight excluding hydrogens is 334 g/mol. The molecule has 1 N–H and O–H groups in total. The third-order valence-electron chi connectivity index (χ3n) is 2.83. The predicted molar refractivity (Wildman–Crippen MR) is 84.9 cm³/mol. The maximum Gasteiger partial charge on any atom is 0.176 e. The van der Waals surface area contributed by atoms with Gasteiger partial charge in [-0.25, -0.2) is 4.98 Å². The summed E-state index contributed by atoms with van der Waals surface area (Å²) >= 11 is 3.39. The maximum absolute atomic E-state index is 5.69. The van der Waals surface area contributed by atoms with Crippen molar-refractivity contribution in [2.24, 2.45) is 0 Å². The molecule has 1 aromatic heterocycles. The number of halogens is 1. The first kappa shape index (κ1) is 16.0. The summed E-state index contributed by atoms with van der Waals surface area (Å²) in [5.74, 6) is 2.42. The van der Waals surface area contributed by atoms with E-state index in [-0.39, 0.29) is 0 Å². The third-order valence-corrected chi connectivity index (χ3v) is 3.39. The highest BCUT2D eigenvalue weighted by Gasteiger charge is 2.05. The van der Waals surface area contributed by atoms with Crippen LogP contribution in [-0.2, 0) is 17.8 Å². The number of benzene rings is 1. The summed E-state index contributed by atoms with van der Waals surface area (Å²) in [6, 6.07) is 8.07. The fraction of sp³-hybridized carbons (Fsp3) is 0.467. The lowest BCUT2D eigenvalue weighted by Crippen LogP contribution is -1.99. The molecule has 0 aliphatic rings. The van der Waals surface area contributed by atoms with E-state index in [1.165, 1.54) is 0 Å². The highest BCUT2D eigenvalue weighted by Crippen LogP contribution is 2.15. The zero-order valence-corrected chi connectivity index (χ0v) is 13.7. The fourth-order valence-corrected chi connectivity index (χ4v) is 2.08. The monoisotopic (exact) mass is 353 g/mol. The van der Waals surface area contributed by atoms with Crippen molar-refractivity contribution in [3.8, 4) is 5.75 Å². The van der Waals surface area contributed by atoms with Gasteiger partial charge < -0.3 is 9.47 Å². The van der Waals surface area contributed by atoms with E-state index in [9.17, 15) is 0 Å². The smallest absolute Gasteiger partial charge is 0.176 e. The second-order valence-corrected chi connectivity index (χ2v) is 5.34. The third kappa shape index (κ3) is 5.47. The van der Waals surface area contributed by atoms with Crippen LogP contribution in [0, 0.1) is 0 Å². The van der Waals surface area contributed by atoms with Gasteiger partial charge in [0.05, 0.1) is 6.61 Å². The number of hydrogen-bond acceptors (Lipinski definition) is 4. The van der Waals surface area contributed by atoms with Crippen LogP contribution in [0.5, 0.6) is 5.75 Å². The van der Waals surface area contributed by atoms with Crippen molar-refractivity contribution < 1.29 is 9.47 Å². The molecule has 0 saturated carbocycles. The van der Waals surface area contributed by atoms with E-state index < -0.39 is 0 Å². The standard InChI is InChI=1S/C15H20BrN3O2/c1-2-20-11-15-17-14(18-19-15)10-12-5-3-6-13(9-12)21-8-4-7-16/h3,5-6,9H,2,4,7-8,10-11H2,1H3,(H,17,18,19). The number of hydrogen-bond donors (Lipinski definition) is 1. The number of alkyl halides is 1. The van der Waals surface area contributed by atoms with Crippen LogP contribution in [-0.4, -0.2) is 33.7 Å². The molecule has 21 heavy (non-hydrogen) atoms. The van der Waals surface area contributed by atoms with E-state index in [0.717, 1.165) is 35.5 Å². The van der Waals surface area contributed by atoms with Crippen LogP contribution in [0.3, 0.4) is 0 Å². The Morgan fingerprint density at radius 3 is 3.05 bits per heavy atom. The summed E-state index contributed by atoms with van der Waals surface area (Å²) < 4.78 is 11.0. The molecule has 6 heteroatoms. The normalized spacial score (nSPS) is 10.8. The Hall–Kier alpha value is -1.40. The van der Waals surface area contributed by atoms with Gasteiger partial charge in [-0.3, -0.25) is 5.10 Å². The van der Waals surface area contributed by atoms with Crippen molar-refractivity contribution in [3.05, 3.63) is 41.5 Å². The van der Waals surface area contributed by atoms with Gasteiger partial charge in [0.1, 0.15) is 18.2 Å². The Morgan fingerprint density at radius 2 is 2.24 bits per heavy atom. The maximum atomic E-state index is 5.69. The summed E-state index contributed by atoms with van der Waals surface area (Å²) in [6.07, 6.45) is 1.70. The number of nitrogens with one attached hydrogen (secondary N) is 1. The first-order valence-electron chi connectivity index (χ1n) is 7.07. The lowest BCUT2D eigenvalue weighted by atomic mass is 10.1. The summed E-state index contributed by atoms with van der Waals surface area (Å²) in [7, 11) is 0. The van der Waals surface area contributed by atoms with Crippen molar-refractivity contribution in [1.29, 1.82) is 0 Å². The molecule has 0 radical (unpaired) electrons. The van der Waals surface area contributed by atoms with E-state index in [1.54, 1.807) is 0 Å². The zero-order valence-electron chi connectivity index (χ0n) is 12.1. The number of ether oxygens (including phenoxy) is 2. The van der Waals surface area contributed by atoms with Gasteiger partial charge >= 0.3 is 0 Å². The number of rotatable bonds is 9. The second kappa shape index (κ2) is 8.79. The van der Waals surface area contributed by atoms with Gasteiger partial charge in [0.25, 0.3) is 0 Å². The molecule has 0 bridgehead atoms. The van der Waals surface area contributed by atoms with Crippen molar-refractivity contribution in [3.63, 3.8) is 0 Å². The van der Waals surface area contributed by atoms with Crippen LogP contribution >= 0.6 is 15.9 Å². The molecule has 0 aliphatic heterocycles. The largest absolute Gasteiger partial charge is 0.494 e. The average molecular weight is 354 g/mol. The van der Waals surface area contributed by atoms with Gasteiger partial charge in [-0.1, -0.05) is 28.1 Å². The molecule has 0 amide bonds. The van der Waals surface area contributed by atoms with Gasteiger partial charge in [0, 0.05) is 18.4 Å². The minimum Gasteiger partial charge on any atom is -0.494 e. The molecule has 0 saturated heterocycles. The van der Waals surface area contributed by atoms with Crippen LogP contribution in [0.2, 0.25) is 0 Å². The van der Waals surface area contributed by atoms with Crippen LogP contribution in [0.15, 0.2) is 24.3 Å². The molecule has 1 heterocycles. The number of nitrogens with zero attached hydrogens (tertiary/aromatic N) is 2. The molecule has 0 aliphatic carbocycles. The SMILES string of the molecule is CCOCc1n[nH]c(Cc2cccc(OCCCBr)c2)n1. The van der Waals surface area contributed by atoms with Crippen molar-refractivity contribution >= 4 is 15.9 Å². The van der Waals surface area contributed by atoms with Crippen LogP contribution in [0.25, 0.3) is 0 Å². The highest BCUT2D eigenvalue weighted by atomic mass is 79.9. The van der Waals surface area contributed by atoms with E-state index in [2.05, 4.69) is 37.2 Å². The van der Waals surface area contributed by atoms with E-state index in [0.29, 0.717) is 25.5 Å². The van der Waals surface area contributed by atoms with Crippen LogP contribution in [0.1, 0.15) is 30.6 Å². The van der Waals surface area contributed by atoms with Crippen molar-refractivity contribution in [2.45, 2.75) is 26.4 Å². The minimum atomic E-state index is 0.447. The number of aromatic amines is 1. The minimum absolute atomic E-state index is 0.447. The van der Waals surface area contributed by atoms with E-state index in [1.807, 2.05) is 25.1 Å². The lowest BCUT2D eigenvalue weighted by Gasteiger charge is -2.06. The predicted octanol–water partition coefficient (Wildman–Crippen LogP) is 3.10. The van der Waals surface area contributed by atoms with Gasteiger partial charge in [-0.15, -0.1) is 0 Å². The first-order chi connectivity index (χ1) is 10.3. The lowest BCUT2D eigenvalue weighted by molar-refractivity contribution is 0.128. The van der Waals surface area contributed by atoms with Gasteiger partial charge in [0.2, 0.25) is 0 Å². The van der Waals surface area contributed by atoms with Crippen LogP contribution < -0.4 is 4.74 Å². The fourth-order valence-electron chi connectivity index (χ4n) is 1.85. The topological polar surface area (TPSA) is 60.0 Å². The molecule has 0 fully saturated rings. The summed E-state index contributed by atoms with van der Waals surface area (Å²) in [5.41, 5.74) is 1.14. The molecule has 2 rings (SSSR count). The van der Waals surface area contributed by atoms with Crippen LogP contribution in [0.4, 0.5) is 0 Å². The highest BCUT2D eigenvalue weighted by molar-refractivity contribution is 9.09. The second-order valence-electron chi connectivity index (χ2n) is 4.55. The van der Waals surface area contributed by atoms with E-state index >= 15 is 0 Å². The molecule has 0 unspecified atom stereocenters. The molecule has 2 aromatic rings. The Kier molecular flexibility index (Phi) is 6.69. The quantitative estimate of drug-likeness (QED) is 0.555. The first-order valence-corrected chi connectivity index (χ1v) is 8.19. The van der Waals surface area contributed by atoms with Gasteiger partial charge in [-0.05, 0) is 31.0 Å². The van der Waals surface area contributed by atoms with Crippen molar-refractivity contribution in [1.82, 2.24) is 15.2 Å². The molecular formula is C15H20BrN3O2. The number of aromatic nitrogens is 3. The number of H-pyrrole nitrogens is 1. The summed E-state index contributed by atoms with van der Waals surface area (Å²) in [5, 5.41) is 8.03. The molecule has 114 valence electrons. The Labute approximate surface area is 133 Å². The van der Waals surface area contributed by atoms with Crippen molar-refractivity contribution in [2.75, 3.05) is 18.5 Å². The summed E-state index contributed by atoms with van der Waals surface area (Å²) in [4.78, 5) is 4.41. The summed E-state index contributed by atoms with van der Waals surface area (Å²) in [6.45, 7) is 3.78. The Morgan fingerprint density at radius 1 is 1.33 bits per heavy atom. The zero-order chi connectivity index (χ0) is 14.9. The average Bonchev–Trinajstić information content (AvgIpc) is 2.93. The molecule has 0 spiro atoms. The van der Waals surface area contributed by atoms with E-state index in [4.69, 9.17) is 9.47 Å². The molecule has 0 atom stereocenters. The van der Waals surface area contributed by atoms with Gasteiger partial charge in [0.15, 0.2) is 5.82 Å². The molecule has 1 aromatic carbocycles. The Bertz CT molecular complexity index is 545. The van der Waals surface area contributed by atoms with Gasteiger partial charge in [-0.2, -0.15) is 5.10 Å². The molecule has 5 nitrogen and oxygen atoms in total.